The second-order valence-electron chi connectivity index (χ2n) is 4.38. The largest absolute Gasteiger partial charge is 0.484 e. The van der Waals surface area contributed by atoms with Gasteiger partial charge in [-0.3, -0.25) is 4.98 Å². The SMILES string of the molecule is CC(Oc1ccc([C@H](C)N)nc1)c1ccccc1. The van der Waals surface area contributed by atoms with Crippen LogP contribution in [-0.4, -0.2) is 4.98 Å². The van der Waals surface area contributed by atoms with Crippen LogP contribution in [0.1, 0.15) is 37.3 Å². The maximum atomic E-state index is 5.83. The van der Waals surface area contributed by atoms with E-state index in [-0.39, 0.29) is 12.1 Å². The normalized spacial score (nSPS) is 13.9. The van der Waals surface area contributed by atoms with Crippen molar-refractivity contribution < 1.29 is 4.74 Å². The zero-order valence-corrected chi connectivity index (χ0v) is 10.7. The van der Waals surface area contributed by atoms with E-state index >= 15 is 0 Å². The van der Waals surface area contributed by atoms with E-state index in [2.05, 4.69) is 17.1 Å². The summed E-state index contributed by atoms with van der Waals surface area (Å²) < 4.78 is 5.83. The van der Waals surface area contributed by atoms with Gasteiger partial charge in [-0.05, 0) is 31.5 Å². The Labute approximate surface area is 108 Å². The minimum absolute atomic E-state index is 0.00847. The molecule has 2 atom stereocenters. The Morgan fingerprint density at radius 2 is 1.78 bits per heavy atom. The quantitative estimate of drug-likeness (QED) is 0.895. The second kappa shape index (κ2) is 5.65. The topological polar surface area (TPSA) is 48.1 Å². The number of hydrogen-bond donors (Lipinski definition) is 1. The van der Waals surface area contributed by atoms with Crippen molar-refractivity contribution in [1.29, 1.82) is 0 Å². The minimum Gasteiger partial charge on any atom is -0.484 e. The van der Waals surface area contributed by atoms with Crippen molar-refractivity contribution in [3.05, 3.63) is 59.9 Å². The second-order valence-corrected chi connectivity index (χ2v) is 4.38. The molecule has 0 saturated heterocycles. The average Bonchev–Trinajstić information content (AvgIpc) is 2.40. The monoisotopic (exact) mass is 242 g/mol. The lowest BCUT2D eigenvalue weighted by Gasteiger charge is -2.15. The molecule has 18 heavy (non-hydrogen) atoms. The predicted octanol–water partition coefficient (Wildman–Crippen LogP) is 3.24. The third kappa shape index (κ3) is 3.08. The van der Waals surface area contributed by atoms with Crippen molar-refractivity contribution in [3.8, 4) is 5.75 Å². The molecule has 1 unspecified atom stereocenters. The number of ether oxygens (including phenoxy) is 1. The van der Waals surface area contributed by atoms with Crippen LogP contribution in [0.4, 0.5) is 0 Å². The van der Waals surface area contributed by atoms with Crippen LogP contribution in [0.25, 0.3) is 0 Å². The third-order valence-corrected chi connectivity index (χ3v) is 2.81. The number of nitrogens with zero attached hydrogens (tertiary/aromatic N) is 1. The van der Waals surface area contributed by atoms with Gasteiger partial charge in [0.05, 0.1) is 11.9 Å². The van der Waals surface area contributed by atoms with Crippen molar-refractivity contribution in [1.82, 2.24) is 4.98 Å². The lowest BCUT2D eigenvalue weighted by atomic mass is 10.1. The summed E-state index contributed by atoms with van der Waals surface area (Å²) in [5, 5.41) is 0. The van der Waals surface area contributed by atoms with E-state index in [1.165, 1.54) is 0 Å². The standard InChI is InChI=1S/C15H18N2O/c1-11(16)15-9-8-14(10-17-15)18-12(2)13-6-4-3-5-7-13/h3-12H,16H2,1-2H3/t11-,12?/m0/s1. The Morgan fingerprint density at radius 1 is 1.06 bits per heavy atom. The van der Waals surface area contributed by atoms with Crippen molar-refractivity contribution in [2.45, 2.75) is 26.0 Å². The summed E-state index contributed by atoms with van der Waals surface area (Å²) in [6, 6.07) is 13.9. The molecule has 0 aliphatic rings. The van der Waals surface area contributed by atoms with Gasteiger partial charge in [0.25, 0.3) is 0 Å². The van der Waals surface area contributed by atoms with Crippen LogP contribution in [0.2, 0.25) is 0 Å². The van der Waals surface area contributed by atoms with Crippen molar-refractivity contribution in [2.24, 2.45) is 5.73 Å². The zero-order chi connectivity index (χ0) is 13.0. The van der Waals surface area contributed by atoms with E-state index in [0.717, 1.165) is 17.0 Å². The summed E-state index contributed by atoms with van der Waals surface area (Å²) >= 11 is 0. The van der Waals surface area contributed by atoms with E-state index in [1.807, 2.05) is 44.2 Å². The molecule has 0 aliphatic heterocycles. The van der Waals surface area contributed by atoms with Gasteiger partial charge in [-0.25, -0.2) is 0 Å². The van der Waals surface area contributed by atoms with Gasteiger partial charge in [-0.2, -0.15) is 0 Å². The first kappa shape index (κ1) is 12.6. The molecule has 1 aromatic carbocycles. The fourth-order valence-electron chi connectivity index (χ4n) is 1.73. The van der Waals surface area contributed by atoms with Gasteiger partial charge in [-0.1, -0.05) is 30.3 Å². The van der Waals surface area contributed by atoms with E-state index in [9.17, 15) is 0 Å². The molecule has 3 nitrogen and oxygen atoms in total. The Bertz CT molecular complexity index is 480. The minimum atomic E-state index is -0.0504. The molecule has 0 amide bonds. The van der Waals surface area contributed by atoms with Gasteiger partial charge in [0.1, 0.15) is 11.9 Å². The molecule has 1 aromatic heterocycles. The van der Waals surface area contributed by atoms with Gasteiger partial charge in [-0.15, -0.1) is 0 Å². The number of aromatic nitrogens is 1. The Morgan fingerprint density at radius 3 is 2.33 bits per heavy atom. The van der Waals surface area contributed by atoms with Crippen LogP contribution < -0.4 is 10.5 Å². The van der Waals surface area contributed by atoms with Gasteiger partial charge in [0, 0.05) is 6.04 Å². The van der Waals surface area contributed by atoms with Gasteiger partial charge >= 0.3 is 0 Å². The van der Waals surface area contributed by atoms with Crippen LogP contribution in [0, 0.1) is 0 Å². The van der Waals surface area contributed by atoms with E-state index < -0.39 is 0 Å². The van der Waals surface area contributed by atoms with Gasteiger partial charge in [0.2, 0.25) is 0 Å². The van der Waals surface area contributed by atoms with Crippen LogP contribution in [0.5, 0.6) is 5.75 Å². The summed E-state index contributed by atoms with van der Waals surface area (Å²) in [5.41, 5.74) is 7.77. The molecule has 0 bridgehead atoms. The van der Waals surface area contributed by atoms with Gasteiger partial charge in [0.15, 0.2) is 0 Å². The van der Waals surface area contributed by atoms with E-state index in [0.29, 0.717) is 0 Å². The molecule has 94 valence electrons. The molecule has 2 rings (SSSR count). The first-order valence-corrected chi connectivity index (χ1v) is 6.10. The smallest absolute Gasteiger partial charge is 0.138 e. The lowest BCUT2D eigenvalue weighted by Crippen LogP contribution is -2.08. The van der Waals surface area contributed by atoms with Crippen LogP contribution in [0.3, 0.4) is 0 Å². The van der Waals surface area contributed by atoms with Gasteiger partial charge < -0.3 is 10.5 Å². The molecule has 0 spiro atoms. The third-order valence-electron chi connectivity index (χ3n) is 2.81. The molecule has 0 fully saturated rings. The summed E-state index contributed by atoms with van der Waals surface area (Å²) in [7, 11) is 0. The Balaban J connectivity index is 2.05. The molecule has 0 saturated carbocycles. The predicted molar refractivity (Wildman–Crippen MR) is 72.3 cm³/mol. The van der Waals surface area contributed by atoms with E-state index in [4.69, 9.17) is 10.5 Å². The van der Waals surface area contributed by atoms with Crippen molar-refractivity contribution in [3.63, 3.8) is 0 Å². The van der Waals surface area contributed by atoms with Crippen molar-refractivity contribution in [2.75, 3.05) is 0 Å². The molecule has 3 heteroatoms. The Kier molecular flexibility index (Phi) is 3.95. The molecular formula is C15H18N2O. The first-order valence-electron chi connectivity index (χ1n) is 6.10. The summed E-state index contributed by atoms with van der Waals surface area (Å²) in [5.74, 6) is 0.760. The average molecular weight is 242 g/mol. The summed E-state index contributed by atoms with van der Waals surface area (Å²) in [4.78, 5) is 4.27. The first-order chi connectivity index (χ1) is 8.66. The van der Waals surface area contributed by atoms with Crippen LogP contribution >= 0.6 is 0 Å². The number of pyridine rings is 1. The fraction of sp³-hybridized carbons (Fsp3) is 0.267. The highest BCUT2D eigenvalue weighted by molar-refractivity contribution is 5.24. The summed E-state index contributed by atoms with van der Waals surface area (Å²) in [6.45, 7) is 3.93. The highest BCUT2D eigenvalue weighted by atomic mass is 16.5. The lowest BCUT2D eigenvalue weighted by molar-refractivity contribution is 0.226. The van der Waals surface area contributed by atoms with Crippen molar-refractivity contribution >= 4 is 0 Å². The highest BCUT2D eigenvalue weighted by Gasteiger charge is 2.07. The maximum absolute atomic E-state index is 5.83. The molecule has 2 aromatic rings. The number of hydrogen-bond acceptors (Lipinski definition) is 3. The maximum Gasteiger partial charge on any atom is 0.138 e. The highest BCUT2D eigenvalue weighted by Crippen LogP contribution is 2.21. The van der Waals surface area contributed by atoms with E-state index in [1.54, 1.807) is 6.20 Å². The molecular weight excluding hydrogens is 224 g/mol. The molecule has 0 aliphatic carbocycles. The molecule has 1 heterocycles. The number of nitrogens with two attached hydrogens (primary N) is 1. The fourth-order valence-corrected chi connectivity index (χ4v) is 1.73. The number of rotatable bonds is 4. The van der Waals surface area contributed by atoms with Crippen LogP contribution in [0.15, 0.2) is 48.7 Å². The summed E-state index contributed by atoms with van der Waals surface area (Å²) in [6.07, 6.45) is 1.73. The van der Waals surface area contributed by atoms with Crippen LogP contribution in [-0.2, 0) is 0 Å². The number of benzene rings is 1. The zero-order valence-electron chi connectivity index (χ0n) is 10.7. The molecule has 0 radical (unpaired) electrons. The molecule has 2 N–H and O–H groups in total. The Hall–Kier alpha value is -1.87.